The first-order valence-electron chi connectivity index (χ1n) is 5.90. The molecule has 0 unspecified atom stereocenters. The van der Waals surface area contributed by atoms with E-state index < -0.39 is 39.5 Å². The van der Waals surface area contributed by atoms with Crippen LogP contribution in [0.15, 0.2) is 30.3 Å². The summed E-state index contributed by atoms with van der Waals surface area (Å²) in [6.45, 7) is 0. The van der Waals surface area contributed by atoms with Gasteiger partial charge in [0.2, 0.25) is 0 Å². The minimum absolute atomic E-state index is 0.0648. The fourth-order valence-electron chi connectivity index (χ4n) is 1.86. The number of carbonyl (C=O) groups is 1. The van der Waals surface area contributed by atoms with Crippen LogP contribution in [0.1, 0.15) is 15.9 Å². The van der Waals surface area contributed by atoms with E-state index >= 15 is 0 Å². The molecule has 114 valence electrons. The van der Waals surface area contributed by atoms with Crippen molar-refractivity contribution in [1.82, 2.24) is 0 Å². The zero-order valence-corrected chi connectivity index (χ0v) is 12.3. The van der Waals surface area contributed by atoms with Crippen molar-refractivity contribution in [1.29, 1.82) is 0 Å². The van der Waals surface area contributed by atoms with E-state index in [1.54, 1.807) is 0 Å². The first kappa shape index (κ1) is 16.3. The highest BCUT2D eigenvalue weighted by atomic mass is 35.5. The number of hydrogen-bond acceptors (Lipinski definition) is 3. The van der Waals surface area contributed by atoms with E-state index in [-0.39, 0.29) is 16.1 Å². The highest BCUT2D eigenvalue weighted by Crippen LogP contribution is 2.34. The van der Waals surface area contributed by atoms with Crippen molar-refractivity contribution in [2.24, 2.45) is 0 Å². The maximum Gasteiger partial charge on any atom is 0.288 e. The number of halogens is 4. The number of nitro benzene ring substituents is 1. The van der Waals surface area contributed by atoms with Gasteiger partial charge >= 0.3 is 0 Å². The van der Waals surface area contributed by atoms with Gasteiger partial charge in [-0.15, -0.1) is 0 Å². The molecule has 0 spiro atoms. The molecule has 0 radical (unpaired) electrons. The largest absolute Gasteiger partial charge is 0.294 e. The second-order valence-electron chi connectivity index (χ2n) is 4.35. The summed E-state index contributed by atoms with van der Waals surface area (Å²) >= 11 is 11.7. The van der Waals surface area contributed by atoms with Crippen LogP contribution >= 0.6 is 23.2 Å². The lowest BCUT2D eigenvalue weighted by Crippen LogP contribution is -2.08. The van der Waals surface area contributed by atoms with Gasteiger partial charge in [0.05, 0.1) is 15.5 Å². The van der Waals surface area contributed by atoms with Gasteiger partial charge in [0.15, 0.2) is 5.78 Å². The fourth-order valence-corrected chi connectivity index (χ4v) is 2.51. The number of rotatable bonds is 4. The molecule has 0 aromatic heterocycles. The molecule has 0 saturated heterocycles. The molecule has 0 atom stereocenters. The molecule has 8 heteroatoms. The van der Waals surface area contributed by atoms with Gasteiger partial charge in [0.25, 0.3) is 5.69 Å². The average Bonchev–Trinajstić information content (AvgIpc) is 2.41. The van der Waals surface area contributed by atoms with E-state index in [1.165, 1.54) is 6.07 Å². The monoisotopic (exact) mass is 345 g/mol. The van der Waals surface area contributed by atoms with E-state index in [1.807, 2.05) is 0 Å². The van der Waals surface area contributed by atoms with Crippen molar-refractivity contribution < 1.29 is 18.5 Å². The highest BCUT2D eigenvalue weighted by molar-refractivity contribution is 6.41. The van der Waals surface area contributed by atoms with Gasteiger partial charge in [-0.05, 0) is 17.7 Å². The average molecular weight is 346 g/mol. The normalized spacial score (nSPS) is 10.5. The molecule has 0 fully saturated rings. The molecular weight excluding hydrogens is 339 g/mol. The third-order valence-electron chi connectivity index (χ3n) is 2.91. The Balaban J connectivity index is 2.41. The lowest BCUT2D eigenvalue weighted by Gasteiger charge is -2.07. The summed E-state index contributed by atoms with van der Waals surface area (Å²) in [5.41, 5.74) is -0.805. The zero-order chi connectivity index (χ0) is 16.4. The third-order valence-corrected chi connectivity index (χ3v) is 3.61. The van der Waals surface area contributed by atoms with Crippen LogP contribution in [0.4, 0.5) is 14.5 Å². The molecule has 0 aliphatic heterocycles. The van der Waals surface area contributed by atoms with Crippen molar-refractivity contribution in [3.63, 3.8) is 0 Å². The van der Waals surface area contributed by atoms with Gasteiger partial charge in [-0.3, -0.25) is 14.9 Å². The molecule has 4 nitrogen and oxygen atoms in total. The number of carbonyl (C=O) groups excluding carboxylic acids is 1. The fraction of sp³-hybridized carbons (Fsp3) is 0.0714. The molecule has 0 N–H and O–H groups in total. The standard InChI is InChI=1S/C14H7Cl2F2NO3/c15-9-3-4-11(19(21)22)14(16)13(9)12(20)5-7-1-2-8(17)6-10(7)18/h1-4,6H,5H2. The molecule has 2 rings (SSSR count). The van der Waals surface area contributed by atoms with Crippen molar-refractivity contribution in [3.8, 4) is 0 Å². The third kappa shape index (κ3) is 3.23. The molecule has 0 aliphatic carbocycles. The Bertz CT molecular complexity index is 781. The number of ketones is 1. The Morgan fingerprint density at radius 1 is 1.18 bits per heavy atom. The summed E-state index contributed by atoms with van der Waals surface area (Å²) in [4.78, 5) is 22.3. The van der Waals surface area contributed by atoms with E-state index in [9.17, 15) is 23.7 Å². The minimum atomic E-state index is -0.897. The minimum Gasteiger partial charge on any atom is -0.294 e. The SMILES string of the molecule is O=C(Cc1ccc(F)cc1F)c1c(Cl)ccc([N+](=O)[O-])c1Cl. The van der Waals surface area contributed by atoms with Gasteiger partial charge in [-0.2, -0.15) is 0 Å². The quantitative estimate of drug-likeness (QED) is 0.462. The Hall–Kier alpha value is -2.05. The second-order valence-corrected chi connectivity index (χ2v) is 5.13. The number of nitrogens with zero attached hydrogens (tertiary/aromatic N) is 1. The maximum atomic E-state index is 13.6. The summed E-state index contributed by atoms with van der Waals surface area (Å²) in [6.07, 6.45) is -0.452. The first-order valence-corrected chi connectivity index (χ1v) is 6.66. The van der Waals surface area contributed by atoms with Crippen molar-refractivity contribution >= 4 is 34.7 Å². The molecule has 0 bridgehead atoms. The predicted octanol–water partition coefficient (Wildman–Crippen LogP) is 4.61. The lowest BCUT2D eigenvalue weighted by atomic mass is 10.0. The number of benzene rings is 2. The Labute approximate surface area is 133 Å². The molecule has 22 heavy (non-hydrogen) atoms. The van der Waals surface area contributed by atoms with Gasteiger partial charge in [-0.25, -0.2) is 8.78 Å². The van der Waals surface area contributed by atoms with Gasteiger partial charge in [0.1, 0.15) is 16.7 Å². The molecular formula is C14H7Cl2F2NO3. The topological polar surface area (TPSA) is 60.2 Å². The summed E-state index contributed by atoms with van der Waals surface area (Å²) in [6, 6.07) is 4.99. The molecule has 0 aliphatic rings. The Kier molecular flexibility index (Phi) is 4.73. The van der Waals surface area contributed by atoms with Crippen LogP contribution < -0.4 is 0 Å². The predicted molar refractivity (Wildman–Crippen MR) is 77.5 cm³/mol. The summed E-state index contributed by atoms with van der Waals surface area (Å²) in [5, 5.41) is 10.3. The molecule has 0 saturated carbocycles. The van der Waals surface area contributed by atoms with Gasteiger partial charge in [0, 0.05) is 18.6 Å². The number of Topliss-reactive ketones (excluding diaryl/α,β-unsaturated/α-hetero) is 1. The van der Waals surface area contributed by atoms with Crippen LogP contribution in [0.5, 0.6) is 0 Å². The number of nitro groups is 1. The van der Waals surface area contributed by atoms with Gasteiger partial charge < -0.3 is 0 Å². The van der Waals surface area contributed by atoms with E-state index in [2.05, 4.69) is 0 Å². The maximum absolute atomic E-state index is 13.6. The van der Waals surface area contributed by atoms with E-state index in [4.69, 9.17) is 23.2 Å². The molecule has 0 amide bonds. The van der Waals surface area contributed by atoms with Crippen LogP contribution in [-0.2, 0) is 6.42 Å². The highest BCUT2D eigenvalue weighted by Gasteiger charge is 2.24. The summed E-state index contributed by atoms with van der Waals surface area (Å²) in [7, 11) is 0. The van der Waals surface area contributed by atoms with Crippen LogP contribution in [0.3, 0.4) is 0 Å². The summed E-state index contributed by atoms with van der Waals surface area (Å²) in [5.74, 6) is -2.38. The lowest BCUT2D eigenvalue weighted by molar-refractivity contribution is -0.384. The first-order chi connectivity index (χ1) is 10.3. The summed E-state index contributed by atoms with van der Waals surface area (Å²) < 4.78 is 26.4. The second kappa shape index (κ2) is 6.37. The van der Waals surface area contributed by atoms with Crippen molar-refractivity contribution in [3.05, 3.63) is 73.3 Å². The molecule has 2 aromatic rings. The molecule has 2 aromatic carbocycles. The van der Waals surface area contributed by atoms with Crippen molar-refractivity contribution in [2.45, 2.75) is 6.42 Å². The van der Waals surface area contributed by atoms with Crippen LogP contribution in [0.2, 0.25) is 10.0 Å². The van der Waals surface area contributed by atoms with Crippen LogP contribution in [-0.4, -0.2) is 10.7 Å². The Morgan fingerprint density at radius 3 is 2.45 bits per heavy atom. The van der Waals surface area contributed by atoms with Gasteiger partial charge in [-0.1, -0.05) is 29.3 Å². The van der Waals surface area contributed by atoms with Crippen molar-refractivity contribution in [2.75, 3.05) is 0 Å². The van der Waals surface area contributed by atoms with E-state index in [0.717, 1.165) is 18.2 Å². The molecule has 0 heterocycles. The number of hydrogen-bond donors (Lipinski definition) is 0. The zero-order valence-electron chi connectivity index (χ0n) is 10.8. The Morgan fingerprint density at radius 2 is 1.86 bits per heavy atom. The smallest absolute Gasteiger partial charge is 0.288 e. The van der Waals surface area contributed by atoms with Crippen LogP contribution in [0, 0.1) is 21.7 Å². The van der Waals surface area contributed by atoms with Crippen LogP contribution in [0.25, 0.3) is 0 Å². The van der Waals surface area contributed by atoms with E-state index in [0.29, 0.717) is 6.07 Å².